The van der Waals surface area contributed by atoms with Gasteiger partial charge in [-0.25, -0.2) is 13.2 Å². The standard InChI is InChI=1S/C17H21ClN4O6S/c1-2-13-16(24)22(17(25)20-13)10-15(23)19-14-9-11(3-4-12(14)18)29(26,27)21-5-7-28-8-6-21/h3-4,9,13H,2,5-8,10H2,1H3,(H,19,23)(H,20,25). The molecule has 1 atom stereocenters. The van der Waals surface area contributed by atoms with E-state index in [1.54, 1.807) is 6.92 Å². The molecular formula is C17H21ClN4O6S. The van der Waals surface area contributed by atoms with E-state index in [0.29, 0.717) is 19.6 Å². The van der Waals surface area contributed by atoms with Crippen molar-refractivity contribution in [2.24, 2.45) is 0 Å². The van der Waals surface area contributed by atoms with E-state index >= 15 is 0 Å². The molecule has 2 heterocycles. The van der Waals surface area contributed by atoms with Crippen LogP contribution in [0.2, 0.25) is 5.02 Å². The molecule has 3 rings (SSSR count). The highest BCUT2D eigenvalue weighted by Crippen LogP contribution is 2.27. The molecule has 0 spiro atoms. The van der Waals surface area contributed by atoms with Crippen LogP contribution in [0.3, 0.4) is 0 Å². The van der Waals surface area contributed by atoms with Crippen LogP contribution < -0.4 is 10.6 Å². The predicted octanol–water partition coefficient (Wildman–Crippen LogP) is 0.630. The van der Waals surface area contributed by atoms with Crippen molar-refractivity contribution in [1.29, 1.82) is 0 Å². The molecule has 2 aliphatic heterocycles. The van der Waals surface area contributed by atoms with Crippen molar-refractivity contribution in [3.8, 4) is 0 Å². The van der Waals surface area contributed by atoms with Crippen molar-refractivity contribution < 1.29 is 27.5 Å². The Hall–Kier alpha value is -2.21. The Kier molecular flexibility index (Phi) is 6.42. The molecule has 2 N–H and O–H groups in total. The smallest absolute Gasteiger partial charge is 0.325 e. The average molecular weight is 445 g/mol. The third-order valence-corrected chi connectivity index (χ3v) is 6.86. The second kappa shape index (κ2) is 8.66. The lowest BCUT2D eigenvalue weighted by atomic mass is 10.2. The summed E-state index contributed by atoms with van der Waals surface area (Å²) in [5, 5.41) is 5.09. The Balaban J connectivity index is 1.74. The highest BCUT2D eigenvalue weighted by Gasteiger charge is 2.37. The van der Waals surface area contributed by atoms with E-state index in [1.807, 2.05) is 0 Å². The van der Waals surface area contributed by atoms with Crippen molar-refractivity contribution in [3.05, 3.63) is 23.2 Å². The number of halogens is 1. The van der Waals surface area contributed by atoms with Gasteiger partial charge in [0.1, 0.15) is 12.6 Å². The summed E-state index contributed by atoms with van der Waals surface area (Å²) in [5.41, 5.74) is 0.0742. The fourth-order valence-electron chi connectivity index (χ4n) is 3.03. The minimum absolute atomic E-state index is 0.0276. The number of hydrogen-bond acceptors (Lipinski definition) is 6. The molecule has 1 aromatic carbocycles. The first-order chi connectivity index (χ1) is 13.7. The zero-order chi connectivity index (χ0) is 21.2. The molecule has 0 aliphatic carbocycles. The number of carbonyl (C=O) groups is 3. The van der Waals surface area contributed by atoms with Crippen LogP contribution >= 0.6 is 11.6 Å². The van der Waals surface area contributed by atoms with Crippen LogP contribution in [0.15, 0.2) is 23.1 Å². The minimum atomic E-state index is -3.77. The normalized spacial score (nSPS) is 20.6. The number of nitrogens with one attached hydrogen (secondary N) is 2. The first kappa shape index (κ1) is 21.5. The SMILES string of the molecule is CCC1NC(=O)N(CC(=O)Nc2cc(S(=O)(=O)N3CCOCC3)ccc2Cl)C1=O. The first-order valence-corrected chi connectivity index (χ1v) is 10.8. The Morgan fingerprint density at radius 1 is 1.31 bits per heavy atom. The Bertz CT molecular complexity index is 932. The summed E-state index contributed by atoms with van der Waals surface area (Å²) in [6.07, 6.45) is 0.413. The fraction of sp³-hybridized carbons (Fsp3) is 0.471. The van der Waals surface area contributed by atoms with E-state index in [2.05, 4.69) is 10.6 Å². The number of ether oxygens (including phenoxy) is 1. The number of urea groups is 1. The molecule has 2 aliphatic rings. The topological polar surface area (TPSA) is 125 Å². The van der Waals surface area contributed by atoms with Gasteiger partial charge in [-0.3, -0.25) is 14.5 Å². The van der Waals surface area contributed by atoms with Gasteiger partial charge >= 0.3 is 6.03 Å². The van der Waals surface area contributed by atoms with Crippen LogP contribution in [-0.2, 0) is 24.3 Å². The minimum Gasteiger partial charge on any atom is -0.379 e. The van der Waals surface area contributed by atoms with Crippen LogP contribution in [0.25, 0.3) is 0 Å². The van der Waals surface area contributed by atoms with Gasteiger partial charge < -0.3 is 15.4 Å². The number of amides is 4. The maximum absolute atomic E-state index is 12.8. The molecule has 2 saturated heterocycles. The van der Waals surface area contributed by atoms with E-state index in [9.17, 15) is 22.8 Å². The highest BCUT2D eigenvalue weighted by atomic mass is 35.5. The third-order valence-electron chi connectivity index (χ3n) is 4.64. The summed E-state index contributed by atoms with van der Waals surface area (Å²) in [4.78, 5) is 37.1. The summed E-state index contributed by atoms with van der Waals surface area (Å²) in [6, 6.07) is 2.68. The Morgan fingerprint density at radius 3 is 2.62 bits per heavy atom. The fourth-order valence-corrected chi connectivity index (χ4v) is 4.63. The van der Waals surface area contributed by atoms with E-state index in [4.69, 9.17) is 16.3 Å². The van der Waals surface area contributed by atoms with E-state index in [0.717, 1.165) is 4.90 Å². The monoisotopic (exact) mass is 444 g/mol. The van der Waals surface area contributed by atoms with Gasteiger partial charge in [-0.2, -0.15) is 4.31 Å². The van der Waals surface area contributed by atoms with Gasteiger partial charge in [0.2, 0.25) is 15.9 Å². The number of anilines is 1. The lowest BCUT2D eigenvalue weighted by Gasteiger charge is -2.26. The van der Waals surface area contributed by atoms with E-state index in [1.165, 1.54) is 22.5 Å². The zero-order valence-electron chi connectivity index (χ0n) is 15.7. The molecule has 4 amide bonds. The lowest BCUT2D eigenvalue weighted by Crippen LogP contribution is -2.40. The lowest BCUT2D eigenvalue weighted by molar-refractivity contribution is -0.130. The van der Waals surface area contributed by atoms with Crippen molar-refractivity contribution >= 4 is 45.2 Å². The number of sulfonamides is 1. The first-order valence-electron chi connectivity index (χ1n) is 9.03. The van der Waals surface area contributed by atoms with Gasteiger partial charge in [0, 0.05) is 13.1 Å². The van der Waals surface area contributed by atoms with Gasteiger partial charge in [0.05, 0.1) is 28.8 Å². The largest absolute Gasteiger partial charge is 0.379 e. The molecule has 0 aromatic heterocycles. The van der Waals surface area contributed by atoms with Crippen molar-refractivity contribution in [2.45, 2.75) is 24.3 Å². The number of nitrogens with zero attached hydrogens (tertiary/aromatic N) is 2. The molecule has 2 fully saturated rings. The molecule has 12 heteroatoms. The Morgan fingerprint density at radius 2 is 2.00 bits per heavy atom. The van der Waals surface area contributed by atoms with Gasteiger partial charge in [0.25, 0.3) is 5.91 Å². The van der Waals surface area contributed by atoms with Gasteiger partial charge in [-0.15, -0.1) is 0 Å². The van der Waals surface area contributed by atoms with Crippen LogP contribution in [0.4, 0.5) is 10.5 Å². The number of carbonyl (C=O) groups excluding carboxylic acids is 3. The molecule has 1 unspecified atom stereocenters. The second-order valence-corrected chi connectivity index (χ2v) is 8.89. The molecule has 0 saturated carbocycles. The molecule has 158 valence electrons. The van der Waals surface area contributed by atoms with Crippen LogP contribution in [0.5, 0.6) is 0 Å². The van der Waals surface area contributed by atoms with Crippen LogP contribution in [-0.4, -0.2) is 74.4 Å². The third kappa shape index (κ3) is 4.53. The van der Waals surface area contributed by atoms with Gasteiger partial charge in [-0.05, 0) is 24.6 Å². The summed E-state index contributed by atoms with van der Waals surface area (Å²) in [7, 11) is -3.77. The number of hydrogen-bond donors (Lipinski definition) is 2. The predicted molar refractivity (Wildman–Crippen MR) is 104 cm³/mol. The maximum atomic E-state index is 12.8. The molecule has 0 bridgehead atoms. The molecule has 10 nitrogen and oxygen atoms in total. The number of benzene rings is 1. The molecule has 29 heavy (non-hydrogen) atoms. The van der Waals surface area contributed by atoms with Gasteiger partial charge in [-0.1, -0.05) is 18.5 Å². The van der Waals surface area contributed by atoms with Crippen LogP contribution in [0.1, 0.15) is 13.3 Å². The zero-order valence-corrected chi connectivity index (χ0v) is 17.3. The number of rotatable bonds is 6. The van der Waals surface area contributed by atoms with Crippen molar-refractivity contribution in [2.75, 3.05) is 38.2 Å². The quantitative estimate of drug-likeness (QED) is 0.620. The average Bonchev–Trinajstić information content (AvgIpc) is 2.97. The second-order valence-electron chi connectivity index (χ2n) is 6.54. The molecule has 0 radical (unpaired) electrons. The highest BCUT2D eigenvalue weighted by molar-refractivity contribution is 7.89. The summed E-state index contributed by atoms with van der Waals surface area (Å²) >= 11 is 6.09. The van der Waals surface area contributed by atoms with Crippen molar-refractivity contribution in [1.82, 2.24) is 14.5 Å². The van der Waals surface area contributed by atoms with E-state index < -0.39 is 40.5 Å². The molecular weight excluding hydrogens is 424 g/mol. The van der Waals surface area contributed by atoms with Gasteiger partial charge in [0.15, 0.2) is 0 Å². The summed E-state index contributed by atoms with van der Waals surface area (Å²) < 4.78 is 32.0. The maximum Gasteiger partial charge on any atom is 0.325 e. The number of imide groups is 1. The van der Waals surface area contributed by atoms with Crippen LogP contribution in [0, 0.1) is 0 Å². The summed E-state index contributed by atoms with van der Waals surface area (Å²) in [6.45, 7) is 2.32. The van der Waals surface area contributed by atoms with E-state index in [-0.39, 0.29) is 28.7 Å². The summed E-state index contributed by atoms with van der Waals surface area (Å²) in [5.74, 6) is -1.16. The van der Waals surface area contributed by atoms with Crippen molar-refractivity contribution in [3.63, 3.8) is 0 Å². The Labute approximate surface area is 173 Å². The molecule has 1 aromatic rings. The number of morpholine rings is 1.